The smallest absolute Gasteiger partial charge is 0.253 e. The van der Waals surface area contributed by atoms with E-state index in [1.807, 2.05) is 30.3 Å². The molecule has 1 aliphatic rings. The van der Waals surface area contributed by atoms with Gasteiger partial charge in [-0.25, -0.2) is 0 Å². The zero-order valence-electron chi connectivity index (χ0n) is 13.5. The molecule has 1 aliphatic heterocycles. The van der Waals surface area contributed by atoms with Crippen LogP contribution in [0.15, 0.2) is 42.5 Å². The Morgan fingerprint density at radius 3 is 2.29 bits per heavy atom. The first-order chi connectivity index (χ1) is 11.5. The number of carbonyl (C=O) groups excluding carboxylic acids is 4. The Labute approximate surface area is 140 Å². The predicted octanol–water partition coefficient (Wildman–Crippen LogP) is 0.866. The summed E-state index contributed by atoms with van der Waals surface area (Å²) in [5.41, 5.74) is 0.980. The van der Waals surface area contributed by atoms with Crippen molar-refractivity contribution in [2.75, 3.05) is 13.1 Å². The van der Waals surface area contributed by atoms with Crippen molar-refractivity contribution in [1.29, 1.82) is 0 Å². The highest BCUT2D eigenvalue weighted by molar-refractivity contribution is 6.12. The molecule has 0 saturated heterocycles. The second-order valence-electron chi connectivity index (χ2n) is 5.75. The van der Waals surface area contributed by atoms with Crippen LogP contribution in [0.4, 0.5) is 0 Å². The van der Waals surface area contributed by atoms with Crippen molar-refractivity contribution < 1.29 is 19.2 Å². The molecule has 126 valence electrons. The van der Waals surface area contributed by atoms with Crippen LogP contribution in [-0.2, 0) is 25.6 Å². The van der Waals surface area contributed by atoms with Gasteiger partial charge in [-0.2, -0.15) is 0 Å². The number of hydrogen-bond acceptors (Lipinski definition) is 4. The van der Waals surface area contributed by atoms with Crippen LogP contribution < -0.4 is 5.32 Å². The van der Waals surface area contributed by atoms with Gasteiger partial charge in [0.1, 0.15) is 5.78 Å². The molecule has 0 saturated carbocycles. The highest BCUT2D eigenvalue weighted by Crippen LogP contribution is 2.13. The Morgan fingerprint density at radius 2 is 1.71 bits per heavy atom. The third-order valence-corrected chi connectivity index (χ3v) is 3.76. The van der Waals surface area contributed by atoms with E-state index in [0.29, 0.717) is 6.42 Å². The van der Waals surface area contributed by atoms with Crippen molar-refractivity contribution in [2.45, 2.75) is 19.8 Å². The minimum absolute atomic E-state index is 0.0554. The summed E-state index contributed by atoms with van der Waals surface area (Å²) in [5, 5.41) is 2.71. The van der Waals surface area contributed by atoms with E-state index in [-0.39, 0.29) is 43.0 Å². The van der Waals surface area contributed by atoms with E-state index >= 15 is 0 Å². The molecule has 0 aliphatic carbocycles. The number of ketones is 1. The van der Waals surface area contributed by atoms with Gasteiger partial charge in [-0.3, -0.25) is 19.3 Å². The summed E-state index contributed by atoms with van der Waals surface area (Å²) in [4.78, 5) is 47.7. The van der Waals surface area contributed by atoms with Crippen LogP contribution in [0.25, 0.3) is 0 Å². The second-order valence-corrected chi connectivity index (χ2v) is 5.75. The zero-order chi connectivity index (χ0) is 17.5. The summed E-state index contributed by atoms with van der Waals surface area (Å²) >= 11 is 0. The first-order valence-electron chi connectivity index (χ1n) is 7.82. The molecular formula is C18H20N2O4. The van der Waals surface area contributed by atoms with Gasteiger partial charge in [0.05, 0.1) is 0 Å². The molecule has 2 rings (SSSR count). The lowest BCUT2D eigenvalue weighted by Crippen LogP contribution is -2.40. The topological polar surface area (TPSA) is 83.6 Å². The molecule has 1 heterocycles. The van der Waals surface area contributed by atoms with E-state index in [1.54, 1.807) is 0 Å². The largest absolute Gasteiger partial charge is 0.354 e. The number of hydrogen-bond donors (Lipinski definition) is 1. The summed E-state index contributed by atoms with van der Waals surface area (Å²) in [6, 6.07) is 9.48. The number of carbonyl (C=O) groups is 4. The Hall–Kier alpha value is -2.76. The van der Waals surface area contributed by atoms with Gasteiger partial charge in [-0.1, -0.05) is 30.3 Å². The molecule has 1 N–H and O–H groups in total. The molecule has 6 heteroatoms. The fourth-order valence-electron chi connectivity index (χ4n) is 2.59. The first-order valence-corrected chi connectivity index (χ1v) is 7.82. The Kier molecular flexibility index (Phi) is 6.01. The van der Waals surface area contributed by atoms with Crippen molar-refractivity contribution in [3.8, 4) is 0 Å². The summed E-state index contributed by atoms with van der Waals surface area (Å²) in [7, 11) is 0. The minimum atomic E-state index is -0.465. The second kappa shape index (κ2) is 8.19. The molecule has 0 fully saturated rings. The zero-order valence-corrected chi connectivity index (χ0v) is 13.5. The molecule has 1 aromatic rings. The fourth-order valence-corrected chi connectivity index (χ4v) is 2.59. The van der Waals surface area contributed by atoms with E-state index in [0.717, 1.165) is 10.5 Å². The first kappa shape index (κ1) is 17.6. The van der Waals surface area contributed by atoms with Crippen LogP contribution in [0.2, 0.25) is 0 Å². The SMILES string of the molecule is CC(=O)C[C@@H](Cc1ccccc1)C(=O)NCCN1C(=O)C=CC1=O. The van der Waals surface area contributed by atoms with Crippen LogP contribution in [0.3, 0.4) is 0 Å². The van der Waals surface area contributed by atoms with Gasteiger partial charge in [0.25, 0.3) is 11.8 Å². The predicted molar refractivity (Wildman–Crippen MR) is 87.8 cm³/mol. The Balaban J connectivity index is 1.89. The third kappa shape index (κ3) is 4.87. The average molecular weight is 328 g/mol. The number of rotatable bonds is 8. The Bertz CT molecular complexity index is 649. The maximum absolute atomic E-state index is 12.4. The molecule has 6 nitrogen and oxygen atoms in total. The number of nitrogens with one attached hydrogen (secondary N) is 1. The van der Waals surface area contributed by atoms with Gasteiger partial charge in [0, 0.05) is 37.6 Å². The molecule has 0 radical (unpaired) electrons. The maximum atomic E-state index is 12.4. The molecule has 24 heavy (non-hydrogen) atoms. The summed E-state index contributed by atoms with van der Waals surface area (Å²) in [6.07, 6.45) is 3.04. The third-order valence-electron chi connectivity index (χ3n) is 3.76. The lowest BCUT2D eigenvalue weighted by atomic mass is 9.94. The number of benzene rings is 1. The fraction of sp³-hybridized carbons (Fsp3) is 0.333. The van der Waals surface area contributed by atoms with Crippen molar-refractivity contribution in [1.82, 2.24) is 10.2 Å². The molecule has 1 aromatic carbocycles. The molecule has 0 bridgehead atoms. The number of nitrogens with zero attached hydrogens (tertiary/aromatic N) is 1. The lowest BCUT2D eigenvalue weighted by molar-refractivity contribution is -0.137. The van der Waals surface area contributed by atoms with E-state index in [9.17, 15) is 19.2 Å². The van der Waals surface area contributed by atoms with Crippen molar-refractivity contribution in [3.63, 3.8) is 0 Å². The molecule has 0 spiro atoms. The number of imide groups is 1. The van der Waals surface area contributed by atoms with Gasteiger partial charge in [0.2, 0.25) is 5.91 Å². The van der Waals surface area contributed by atoms with Crippen LogP contribution >= 0.6 is 0 Å². The van der Waals surface area contributed by atoms with E-state index in [4.69, 9.17) is 0 Å². The maximum Gasteiger partial charge on any atom is 0.253 e. The molecule has 1 atom stereocenters. The molecular weight excluding hydrogens is 308 g/mol. The van der Waals surface area contributed by atoms with Crippen LogP contribution in [0.1, 0.15) is 18.9 Å². The summed E-state index contributed by atoms with van der Waals surface area (Å²) in [6.45, 7) is 1.74. The van der Waals surface area contributed by atoms with Gasteiger partial charge in [-0.05, 0) is 18.9 Å². The van der Waals surface area contributed by atoms with Crippen LogP contribution in [0, 0.1) is 5.92 Å². The quantitative estimate of drug-likeness (QED) is 0.718. The van der Waals surface area contributed by atoms with Crippen molar-refractivity contribution in [2.24, 2.45) is 5.92 Å². The van der Waals surface area contributed by atoms with E-state index < -0.39 is 5.92 Å². The monoisotopic (exact) mass is 328 g/mol. The van der Waals surface area contributed by atoms with Gasteiger partial charge in [-0.15, -0.1) is 0 Å². The number of amides is 3. The number of Topliss-reactive ketones (excluding diaryl/α,β-unsaturated/α-hetero) is 1. The van der Waals surface area contributed by atoms with Gasteiger partial charge in [0.15, 0.2) is 0 Å². The van der Waals surface area contributed by atoms with E-state index in [1.165, 1.54) is 19.1 Å². The van der Waals surface area contributed by atoms with Gasteiger partial charge < -0.3 is 10.1 Å². The average Bonchev–Trinajstić information content (AvgIpc) is 2.86. The lowest BCUT2D eigenvalue weighted by Gasteiger charge is -2.18. The molecule has 0 unspecified atom stereocenters. The highest BCUT2D eigenvalue weighted by atomic mass is 16.2. The highest BCUT2D eigenvalue weighted by Gasteiger charge is 2.24. The van der Waals surface area contributed by atoms with E-state index in [2.05, 4.69) is 5.32 Å². The molecule has 3 amide bonds. The standard InChI is InChI=1S/C18H20N2O4/c1-13(21)11-15(12-14-5-3-2-4-6-14)18(24)19-9-10-20-16(22)7-8-17(20)23/h2-8,15H,9-12H2,1H3,(H,19,24)/t15-/m0/s1. The normalized spacial score (nSPS) is 14.8. The molecule has 0 aromatic heterocycles. The van der Waals surface area contributed by atoms with Crippen molar-refractivity contribution in [3.05, 3.63) is 48.0 Å². The van der Waals surface area contributed by atoms with Crippen LogP contribution in [0.5, 0.6) is 0 Å². The summed E-state index contributed by atoms with van der Waals surface area (Å²) < 4.78 is 0. The summed E-state index contributed by atoms with van der Waals surface area (Å²) in [5.74, 6) is -1.52. The Morgan fingerprint density at radius 1 is 1.08 bits per heavy atom. The van der Waals surface area contributed by atoms with Crippen LogP contribution in [-0.4, -0.2) is 41.5 Å². The van der Waals surface area contributed by atoms with Gasteiger partial charge >= 0.3 is 0 Å². The van der Waals surface area contributed by atoms with Crippen molar-refractivity contribution >= 4 is 23.5 Å². The minimum Gasteiger partial charge on any atom is -0.354 e.